The number of ether oxygens (including phenoxy) is 4. The summed E-state index contributed by atoms with van der Waals surface area (Å²) in [6.07, 6.45) is 1.02. The van der Waals surface area contributed by atoms with Crippen molar-refractivity contribution >= 4 is 24.0 Å². The molecule has 0 N–H and O–H groups in total. The van der Waals surface area contributed by atoms with Crippen LogP contribution in [0.1, 0.15) is 47.5 Å². The second-order valence-corrected chi connectivity index (χ2v) is 8.03. The minimum absolute atomic E-state index is 0. The molecule has 8 heteroatoms. The third kappa shape index (κ3) is 10.2. The molecule has 0 radical (unpaired) electrons. The highest BCUT2D eigenvalue weighted by molar-refractivity contribution is 5.96. The predicted octanol–water partition coefficient (Wildman–Crippen LogP) is 5.80. The van der Waals surface area contributed by atoms with Gasteiger partial charge in [0.15, 0.2) is 0 Å². The van der Waals surface area contributed by atoms with Crippen LogP contribution < -0.4 is 19.1 Å². The monoisotopic (exact) mass is 522 g/mol. The summed E-state index contributed by atoms with van der Waals surface area (Å²) in [6, 6.07) is 14.9. The van der Waals surface area contributed by atoms with E-state index in [1.807, 2.05) is 50.2 Å². The lowest BCUT2D eigenvalue weighted by atomic mass is 10.2. The first-order chi connectivity index (χ1) is 17.1. The number of carbonyl (C=O) groups excluding carboxylic acids is 1. The average Bonchev–Trinajstić information content (AvgIpc) is 2.88. The highest BCUT2D eigenvalue weighted by atomic mass is 35.5. The lowest BCUT2D eigenvalue weighted by Crippen LogP contribution is -2.46. The van der Waals surface area contributed by atoms with Crippen LogP contribution in [0.15, 0.2) is 48.5 Å². The zero-order chi connectivity index (χ0) is 25.5. The van der Waals surface area contributed by atoms with E-state index in [2.05, 4.69) is 25.7 Å². The quantitative estimate of drug-likeness (QED) is 0.193. The van der Waals surface area contributed by atoms with Crippen LogP contribution in [0.3, 0.4) is 0 Å². The maximum absolute atomic E-state index is 13.7. The van der Waals surface area contributed by atoms with E-state index in [1.165, 1.54) is 0 Å². The molecule has 0 saturated carbocycles. The molecule has 0 aliphatic rings. The van der Waals surface area contributed by atoms with Crippen LogP contribution in [0.25, 0.3) is 0 Å². The van der Waals surface area contributed by atoms with Crippen molar-refractivity contribution < 1.29 is 23.7 Å². The Morgan fingerprint density at radius 1 is 0.833 bits per heavy atom. The van der Waals surface area contributed by atoms with E-state index in [9.17, 15) is 4.79 Å². The molecule has 36 heavy (non-hydrogen) atoms. The average molecular weight is 523 g/mol. The number of anilines is 1. The number of benzene rings is 2. The van der Waals surface area contributed by atoms with Crippen molar-refractivity contribution in [3.05, 3.63) is 48.5 Å². The Labute approximate surface area is 223 Å². The molecule has 1 unspecified atom stereocenters. The van der Waals surface area contributed by atoms with Crippen molar-refractivity contribution in [2.45, 2.75) is 53.8 Å². The Morgan fingerprint density at radius 3 is 2.14 bits per heavy atom. The Balaban J connectivity index is 0.00000648. The summed E-state index contributed by atoms with van der Waals surface area (Å²) in [5, 5.41) is 0. The van der Waals surface area contributed by atoms with E-state index in [-0.39, 0.29) is 18.3 Å². The molecule has 7 nitrogen and oxygen atoms in total. The molecule has 0 bridgehead atoms. The van der Waals surface area contributed by atoms with Crippen molar-refractivity contribution in [3.63, 3.8) is 0 Å². The molecule has 1 atom stereocenters. The Morgan fingerprint density at radius 2 is 1.53 bits per heavy atom. The number of nitrogens with zero attached hydrogens (tertiary/aromatic N) is 2. The molecular weight excluding hydrogens is 480 g/mol. The van der Waals surface area contributed by atoms with Crippen LogP contribution >= 0.6 is 12.4 Å². The number of hydrogen-bond donors (Lipinski definition) is 0. The van der Waals surface area contributed by atoms with E-state index in [0.29, 0.717) is 32.1 Å². The third-order valence-electron chi connectivity index (χ3n) is 5.59. The van der Waals surface area contributed by atoms with Gasteiger partial charge in [-0.05, 0) is 69.8 Å². The lowest BCUT2D eigenvalue weighted by molar-refractivity contribution is -0.149. The van der Waals surface area contributed by atoms with Crippen LogP contribution in [0.4, 0.5) is 5.69 Å². The van der Waals surface area contributed by atoms with Crippen LogP contribution in [0.5, 0.6) is 17.2 Å². The first-order valence-corrected chi connectivity index (χ1v) is 12.8. The molecule has 0 saturated heterocycles. The van der Waals surface area contributed by atoms with Gasteiger partial charge in [-0.2, -0.15) is 0 Å². The summed E-state index contributed by atoms with van der Waals surface area (Å²) in [6.45, 7) is 14.8. The van der Waals surface area contributed by atoms with Crippen molar-refractivity contribution in [2.75, 3.05) is 50.9 Å². The minimum Gasteiger partial charge on any atom is -0.494 e. The van der Waals surface area contributed by atoms with Gasteiger partial charge in [0.25, 0.3) is 12.2 Å². The highest BCUT2D eigenvalue weighted by Crippen LogP contribution is 2.24. The van der Waals surface area contributed by atoms with Gasteiger partial charge >= 0.3 is 0 Å². The summed E-state index contributed by atoms with van der Waals surface area (Å²) in [7, 11) is 0. The zero-order valence-corrected chi connectivity index (χ0v) is 23.2. The largest absolute Gasteiger partial charge is 0.494 e. The van der Waals surface area contributed by atoms with E-state index in [4.69, 9.17) is 18.9 Å². The fourth-order valence-corrected chi connectivity index (χ4v) is 3.56. The van der Waals surface area contributed by atoms with Gasteiger partial charge < -0.3 is 28.7 Å². The highest BCUT2D eigenvalue weighted by Gasteiger charge is 2.28. The number of likely N-dealkylation sites (N-methyl/N-ethyl adjacent to an activating group) is 1. The number of halogens is 1. The summed E-state index contributed by atoms with van der Waals surface area (Å²) < 4.78 is 23.2. The van der Waals surface area contributed by atoms with Gasteiger partial charge in [0, 0.05) is 31.5 Å². The lowest BCUT2D eigenvalue weighted by Gasteiger charge is -2.30. The molecule has 202 valence electrons. The number of unbranched alkanes of at least 4 members (excludes halogenated alkanes) is 1. The molecule has 0 aromatic heterocycles. The number of hydrogen-bond acceptors (Lipinski definition) is 6. The standard InChI is InChI=1S/C28H42N2O5.ClH/c1-6-11-21-34-24-15-17-25(18-16-24)35-28(33-10-5)27(31)30(20-19-29(7-2)8-3)23-13-12-14-26(22-23)32-9-4;/h12-18,22,28H,6-11,19-21H2,1-5H3;1H. The van der Waals surface area contributed by atoms with Gasteiger partial charge in [0.2, 0.25) is 0 Å². The predicted molar refractivity (Wildman–Crippen MR) is 148 cm³/mol. The van der Waals surface area contributed by atoms with Gasteiger partial charge in [-0.3, -0.25) is 4.79 Å². The smallest absolute Gasteiger partial charge is 0.296 e. The van der Waals surface area contributed by atoms with Crippen LogP contribution in [-0.2, 0) is 9.53 Å². The van der Waals surface area contributed by atoms with Crippen molar-refractivity contribution in [2.24, 2.45) is 0 Å². The molecule has 1 amide bonds. The fourth-order valence-electron chi connectivity index (χ4n) is 3.56. The molecule has 2 aromatic carbocycles. The Hall–Kier alpha value is -2.48. The van der Waals surface area contributed by atoms with Crippen LogP contribution in [-0.4, -0.2) is 63.1 Å². The molecule has 0 aliphatic heterocycles. The van der Waals surface area contributed by atoms with Gasteiger partial charge in [0.05, 0.1) is 13.2 Å². The molecule has 2 aromatic rings. The maximum Gasteiger partial charge on any atom is 0.296 e. The van der Waals surface area contributed by atoms with Crippen molar-refractivity contribution in [3.8, 4) is 17.2 Å². The molecule has 2 rings (SSSR count). The van der Waals surface area contributed by atoms with E-state index in [1.54, 1.807) is 17.0 Å². The molecule has 0 fully saturated rings. The Kier molecular flexibility index (Phi) is 15.7. The van der Waals surface area contributed by atoms with Crippen molar-refractivity contribution in [1.82, 2.24) is 4.90 Å². The van der Waals surface area contributed by atoms with Gasteiger partial charge in [-0.1, -0.05) is 33.3 Å². The van der Waals surface area contributed by atoms with Crippen molar-refractivity contribution in [1.29, 1.82) is 0 Å². The summed E-state index contributed by atoms with van der Waals surface area (Å²) in [5.74, 6) is 1.79. The first-order valence-electron chi connectivity index (χ1n) is 12.8. The summed E-state index contributed by atoms with van der Waals surface area (Å²) in [5.41, 5.74) is 0.751. The van der Waals surface area contributed by atoms with Gasteiger partial charge in [-0.25, -0.2) is 0 Å². The molecule has 0 heterocycles. The van der Waals surface area contributed by atoms with Gasteiger partial charge in [-0.15, -0.1) is 12.4 Å². The van der Waals surface area contributed by atoms with Gasteiger partial charge in [0.1, 0.15) is 17.2 Å². The fraction of sp³-hybridized carbons (Fsp3) is 0.536. The number of carbonyl (C=O) groups is 1. The number of amides is 1. The van der Waals surface area contributed by atoms with E-state index in [0.717, 1.165) is 49.7 Å². The first kappa shape index (κ1) is 31.5. The number of rotatable bonds is 17. The SMILES string of the molecule is CCCCOc1ccc(OC(OCC)C(=O)N(CCN(CC)CC)c2cccc(OCC)c2)cc1.Cl. The summed E-state index contributed by atoms with van der Waals surface area (Å²) in [4.78, 5) is 17.7. The van der Waals surface area contributed by atoms with E-state index >= 15 is 0 Å². The zero-order valence-electron chi connectivity index (χ0n) is 22.4. The third-order valence-corrected chi connectivity index (χ3v) is 5.59. The maximum atomic E-state index is 13.7. The minimum atomic E-state index is -1.07. The van der Waals surface area contributed by atoms with E-state index < -0.39 is 6.29 Å². The molecule has 0 aliphatic carbocycles. The normalized spacial score (nSPS) is 11.5. The molecular formula is C28H43ClN2O5. The molecule has 0 spiro atoms. The Bertz CT molecular complexity index is 861. The summed E-state index contributed by atoms with van der Waals surface area (Å²) >= 11 is 0. The second kappa shape index (κ2) is 17.9. The topological polar surface area (TPSA) is 60.5 Å². The van der Waals surface area contributed by atoms with Crippen LogP contribution in [0.2, 0.25) is 0 Å². The second-order valence-electron chi connectivity index (χ2n) is 8.03. The van der Waals surface area contributed by atoms with Crippen LogP contribution in [0, 0.1) is 0 Å².